The highest BCUT2D eigenvalue weighted by Crippen LogP contribution is 2.33. The third-order valence-electron chi connectivity index (χ3n) is 7.22. The Kier molecular flexibility index (Phi) is 7.13. The summed E-state index contributed by atoms with van der Waals surface area (Å²) in [5, 5.41) is 6.51. The van der Waals surface area contributed by atoms with E-state index < -0.39 is 5.82 Å². The lowest BCUT2D eigenvalue weighted by Gasteiger charge is -2.31. The molecule has 0 radical (unpaired) electrons. The molecule has 3 aromatic rings. The van der Waals surface area contributed by atoms with Gasteiger partial charge in [0, 0.05) is 49.9 Å². The maximum Gasteiger partial charge on any atom is 0.225 e. The number of benzene rings is 1. The molecular formula is C26H32FN7O3. The fourth-order valence-electron chi connectivity index (χ4n) is 5.19. The lowest BCUT2D eigenvalue weighted by atomic mass is 9.93. The van der Waals surface area contributed by atoms with Crippen molar-refractivity contribution in [1.82, 2.24) is 19.9 Å². The van der Waals surface area contributed by atoms with Crippen molar-refractivity contribution in [3.05, 3.63) is 36.5 Å². The summed E-state index contributed by atoms with van der Waals surface area (Å²) in [5.41, 5.74) is 2.70. The molecule has 1 aliphatic carbocycles. The number of anilines is 3. The molecule has 6 rings (SSSR count). The number of hydrogen-bond acceptors (Lipinski definition) is 10. The third kappa shape index (κ3) is 5.67. The number of nitrogens with zero attached hydrogens (tertiary/aromatic N) is 5. The Morgan fingerprint density at radius 1 is 0.892 bits per heavy atom. The van der Waals surface area contributed by atoms with E-state index in [2.05, 4.69) is 47.6 Å². The zero-order valence-corrected chi connectivity index (χ0v) is 20.7. The minimum absolute atomic E-state index is 0.0763. The maximum atomic E-state index is 14.2. The van der Waals surface area contributed by atoms with Gasteiger partial charge in [-0.2, -0.15) is 4.98 Å². The SMILES string of the molecule is Fc1cnc(NC2CCC(Oc3cc(N4CCOCC4)cc4nccnc34)CC2)nc1NC1CCOC1. The molecule has 37 heavy (non-hydrogen) atoms. The van der Waals surface area contributed by atoms with Gasteiger partial charge in [-0.15, -0.1) is 0 Å². The van der Waals surface area contributed by atoms with Gasteiger partial charge in [0.1, 0.15) is 11.3 Å². The fraction of sp³-hybridized carbons (Fsp3) is 0.538. The number of morpholine rings is 1. The predicted octanol–water partition coefficient (Wildman–Crippen LogP) is 3.40. The number of fused-ring (bicyclic) bond motifs is 1. The smallest absolute Gasteiger partial charge is 0.225 e. The maximum absolute atomic E-state index is 14.2. The molecule has 0 amide bonds. The van der Waals surface area contributed by atoms with E-state index in [1.54, 1.807) is 12.4 Å². The molecule has 0 spiro atoms. The number of rotatable bonds is 7. The highest BCUT2D eigenvalue weighted by atomic mass is 19.1. The molecule has 1 unspecified atom stereocenters. The Morgan fingerprint density at radius 3 is 2.54 bits per heavy atom. The van der Waals surface area contributed by atoms with Gasteiger partial charge >= 0.3 is 0 Å². The molecule has 1 atom stereocenters. The molecule has 4 heterocycles. The Hall–Kier alpha value is -3.31. The summed E-state index contributed by atoms with van der Waals surface area (Å²) in [4.78, 5) is 19.9. The van der Waals surface area contributed by atoms with Crippen LogP contribution < -0.4 is 20.3 Å². The fourth-order valence-corrected chi connectivity index (χ4v) is 5.19. The number of aromatic nitrogens is 4. The average Bonchev–Trinajstić information content (AvgIpc) is 3.45. The van der Waals surface area contributed by atoms with Gasteiger partial charge < -0.3 is 29.7 Å². The predicted molar refractivity (Wildman–Crippen MR) is 138 cm³/mol. The molecule has 2 saturated heterocycles. The molecule has 0 bridgehead atoms. The van der Waals surface area contributed by atoms with E-state index in [-0.39, 0.29) is 24.0 Å². The summed E-state index contributed by atoms with van der Waals surface area (Å²) in [5.74, 6) is 0.978. The lowest BCUT2D eigenvalue weighted by Crippen LogP contribution is -2.36. The largest absolute Gasteiger partial charge is 0.488 e. The van der Waals surface area contributed by atoms with Crippen molar-refractivity contribution < 1.29 is 18.6 Å². The highest BCUT2D eigenvalue weighted by Gasteiger charge is 2.25. The molecule has 1 saturated carbocycles. The van der Waals surface area contributed by atoms with Crippen molar-refractivity contribution in [3.63, 3.8) is 0 Å². The van der Waals surface area contributed by atoms with Gasteiger partial charge in [-0.1, -0.05) is 0 Å². The Balaban J connectivity index is 1.09. The van der Waals surface area contributed by atoms with Crippen LogP contribution in [0.1, 0.15) is 32.1 Å². The molecule has 10 nitrogen and oxygen atoms in total. The summed E-state index contributed by atoms with van der Waals surface area (Å²) in [7, 11) is 0. The van der Waals surface area contributed by atoms with Crippen molar-refractivity contribution >= 4 is 28.5 Å². The third-order valence-corrected chi connectivity index (χ3v) is 7.22. The second-order valence-electron chi connectivity index (χ2n) is 9.80. The van der Waals surface area contributed by atoms with Gasteiger partial charge in [0.25, 0.3) is 0 Å². The first-order valence-electron chi connectivity index (χ1n) is 13.1. The minimum Gasteiger partial charge on any atom is -0.488 e. The number of hydrogen-bond donors (Lipinski definition) is 2. The van der Waals surface area contributed by atoms with Crippen LogP contribution in [0.5, 0.6) is 5.75 Å². The van der Waals surface area contributed by atoms with Crippen LogP contribution in [0.3, 0.4) is 0 Å². The minimum atomic E-state index is -0.454. The number of halogens is 1. The zero-order valence-electron chi connectivity index (χ0n) is 20.7. The van der Waals surface area contributed by atoms with Gasteiger partial charge in [-0.3, -0.25) is 4.98 Å². The molecule has 196 valence electrons. The second-order valence-corrected chi connectivity index (χ2v) is 9.80. The van der Waals surface area contributed by atoms with Gasteiger partial charge in [0.15, 0.2) is 11.6 Å². The normalized spacial score (nSPS) is 24.2. The first-order chi connectivity index (χ1) is 18.2. The molecule has 2 N–H and O–H groups in total. The van der Waals surface area contributed by atoms with Crippen molar-refractivity contribution in [2.45, 2.75) is 50.3 Å². The molecule has 2 aliphatic heterocycles. The average molecular weight is 510 g/mol. The number of nitrogens with one attached hydrogen (secondary N) is 2. The second kappa shape index (κ2) is 11.0. The standard InChI is InChI=1S/C26H32FN7O3/c27-21-15-30-26(33-25(21)31-18-5-10-36-16-18)32-17-1-3-20(4-2-17)37-23-14-19(34-8-11-35-12-9-34)13-22-24(23)29-7-6-28-22/h6-7,13-15,17-18,20H,1-5,8-12,16H2,(H2,30,31,32,33). The van der Waals surface area contributed by atoms with Crippen LogP contribution in [0.2, 0.25) is 0 Å². The molecule has 3 fully saturated rings. The molecule has 3 aliphatic rings. The van der Waals surface area contributed by atoms with Crippen molar-refractivity contribution in [1.29, 1.82) is 0 Å². The van der Waals surface area contributed by atoms with Crippen LogP contribution in [-0.4, -0.2) is 77.6 Å². The summed E-state index contributed by atoms with van der Waals surface area (Å²) in [6, 6.07) is 4.44. The van der Waals surface area contributed by atoms with Gasteiger partial charge in [-0.25, -0.2) is 14.4 Å². The monoisotopic (exact) mass is 509 g/mol. The quantitative estimate of drug-likeness (QED) is 0.492. The van der Waals surface area contributed by atoms with Crippen molar-refractivity contribution in [3.8, 4) is 5.75 Å². The summed E-state index contributed by atoms with van der Waals surface area (Å²) < 4.78 is 31.6. The Labute approximate surface area is 215 Å². The molecule has 1 aromatic carbocycles. The molecule has 11 heteroatoms. The first-order valence-corrected chi connectivity index (χ1v) is 13.1. The summed E-state index contributed by atoms with van der Waals surface area (Å²) in [6.07, 6.45) is 9.12. The van der Waals surface area contributed by atoms with E-state index in [1.165, 1.54) is 6.20 Å². The Morgan fingerprint density at radius 2 is 1.73 bits per heavy atom. The van der Waals surface area contributed by atoms with E-state index in [0.717, 1.165) is 80.9 Å². The summed E-state index contributed by atoms with van der Waals surface area (Å²) >= 11 is 0. The topological polar surface area (TPSA) is 107 Å². The van der Waals surface area contributed by atoms with Gasteiger partial charge in [-0.05, 0) is 38.2 Å². The van der Waals surface area contributed by atoms with Crippen LogP contribution in [0.25, 0.3) is 11.0 Å². The van der Waals surface area contributed by atoms with Crippen LogP contribution in [0, 0.1) is 5.82 Å². The van der Waals surface area contributed by atoms with Crippen LogP contribution in [-0.2, 0) is 9.47 Å². The Bertz CT molecular complexity index is 1210. The van der Waals surface area contributed by atoms with E-state index in [9.17, 15) is 4.39 Å². The highest BCUT2D eigenvalue weighted by molar-refractivity contribution is 5.85. The van der Waals surface area contributed by atoms with Gasteiger partial charge in [0.05, 0.1) is 43.7 Å². The van der Waals surface area contributed by atoms with Gasteiger partial charge in [0.2, 0.25) is 5.95 Å². The van der Waals surface area contributed by atoms with Crippen LogP contribution in [0.15, 0.2) is 30.7 Å². The van der Waals surface area contributed by atoms with Crippen LogP contribution >= 0.6 is 0 Å². The van der Waals surface area contributed by atoms with E-state index in [1.807, 2.05) is 0 Å². The molecular weight excluding hydrogens is 477 g/mol. The van der Waals surface area contributed by atoms with Crippen molar-refractivity contribution in [2.75, 3.05) is 55.1 Å². The zero-order chi connectivity index (χ0) is 25.0. The van der Waals surface area contributed by atoms with Crippen molar-refractivity contribution in [2.24, 2.45) is 0 Å². The molecule has 2 aromatic heterocycles. The summed E-state index contributed by atoms with van der Waals surface area (Å²) in [6.45, 7) is 4.37. The lowest BCUT2D eigenvalue weighted by molar-refractivity contribution is 0.122. The first kappa shape index (κ1) is 24.1. The van der Waals surface area contributed by atoms with E-state index in [0.29, 0.717) is 19.2 Å². The number of ether oxygens (including phenoxy) is 3. The van der Waals surface area contributed by atoms with Crippen LogP contribution in [0.4, 0.5) is 21.8 Å². The van der Waals surface area contributed by atoms with E-state index in [4.69, 9.17) is 14.2 Å². The van der Waals surface area contributed by atoms with E-state index >= 15 is 0 Å².